The average molecular weight is 286 g/mol. The van der Waals surface area contributed by atoms with E-state index in [0.717, 1.165) is 24.5 Å². The SMILES string of the molecule is CCCNC(C)CC(C)Sc1n[nH]c(=O)n1C(C)C. The molecule has 0 radical (unpaired) electrons. The van der Waals surface area contributed by atoms with Crippen LogP contribution in [0.3, 0.4) is 0 Å². The third-order valence-corrected chi connectivity index (χ3v) is 4.02. The van der Waals surface area contributed by atoms with E-state index in [2.05, 4.69) is 36.3 Å². The fraction of sp³-hybridized carbons (Fsp3) is 0.846. The Morgan fingerprint density at radius 1 is 1.37 bits per heavy atom. The van der Waals surface area contributed by atoms with Gasteiger partial charge >= 0.3 is 5.69 Å². The highest BCUT2D eigenvalue weighted by Gasteiger charge is 2.16. The van der Waals surface area contributed by atoms with E-state index < -0.39 is 0 Å². The van der Waals surface area contributed by atoms with Gasteiger partial charge in [0, 0.05) is 17.3 Å². The second-order valence-corrected chi connectivity index (χ2v) is 6.70. The molecule has 0 saturated heterocycles. The van der Waals surface area contributed by atoms with Crippen LogP contribution in [0.2, 0.25) is 0 Å². The highest BCUT2D eigenvalue weighted by Crippen LogP contribution is 2.24. The first-order valence-electron chi connectivity index (χ1n) is 7.02. The molecule has 6 heteroatoms. The first kappa shape index (κ1) is 16.3. The standard InChI is InChI=1S/C13H26N4OS/c1-6-7-14-10(4)8-11(5)19-13-16-15-12(18)17(13)9(2)3/h9-11,14H,6-8H2,1-5H3,(H,15,18). The van der Waals surface area contributed by atoms with E-state index in [9.17, 15) is 4.79 Å². The number of aromatic amines is 1. The molecule has 0 aliphatic heterocycles. The van der Waals surface area contributed by atoms with Crippen molar-refractivity contribution in [3.05, 3.63) is 10.5 Å². The normalized spacial score (nSPS) is 14.8. The fourth-order valence-electron chi connectivity index (χ4n) is 2.03. The highest BCUT2D eigenvalue weighted by atomic mass is 32.2. The lowest BCUT2D eigenvalue weighted by Crippen LogP contribution is -2.29. The molecule has 1 aromatic heterocycles. The van der Waals surface area contributed by atoms with Crippen LogP contribution in [0.25, 0.3) is 0 Å². The number of aromatic nitrogens is 3. The Kier molecular flexibility index (Phi) is 6.65. The van der Waals surface area contributed by atoms with E-state index in [-0.39, 0.29) is 11.7 Å². The maximum atomic E-state index is 11.6. The number of rotatable bonds is 8. The molecule has 0 saturated carbocycles. The van der Waals surface area contributed by atoms with Gasteiger partial charge in [-0.1, -0.05) is 25.6 Å². The van der Waals surface area contributed by atoms with Crippen molar-refractivity contribution in [1.82, 2.24) is 20.1 Å². The number of thioether (sulfide) groups is 1. The first-order chi connectivity index (χ1) is 8.95. The van der Waals surface area contributed by atoms with E-state index in [1.165, 1.54) is 0 Å². The van der Waals surface area contributed by atoms with Crippen LogP contribution in [-0.4, -0.2) is 32.6 Å². The maximum absolute atomic E-state index is 11.6. The van der Waals surface area contributed by atoms with E-state index >= 15 is 0 Å². The Bertz CT molecular complexity index is 427. The first-order valence-corrected chi connectivity index (χ1v) is 7.90. The molecule has 5 nitrogen and oxygen atoms in total. The summed E-state index contributed by atoms with van der Waals surface area (Å²) in [5, 5.41) is 11.3. The van der Waals surface area contributed by atoms with Crippen molar-refractivity contribution in [2.75, 3.05) is 6.54 Å². The van der Waals surface area contributed by atoms with Gasteiger partial charge in [0.1, 0.15) is 0 Å². The molecular formula is C13H26N4OS. The molecular weight excluding hydrogens is 260 g/mol. The van der Waals surface area contributed by atoms with Crippen molar-refractivity contribution in [1.29, 1.82) is 0 Å². The van der Waals surface area contributed by atoms with Gasteiger partial charge in [-0.2, -0.15) is 0 Å². The van der Waals surface area contributed by atoms with Gasteiger partial charge in [-0.05, 0) is 40.2 Å². The molecule has 0 amide bonds. The van der Waals surface area contributed by atoms with E-state index in [4.69, 9.17) is 0 Å². The van der Waals surface area contributed by atoms with Crippen molar-refractivity contribution in [2.45, 2.75) is 70.0 Å². The summed E-state index contributed by atoms with van der Waals surface area (Å²) in [6.07, 6.45) is 2.21. The zero-order chi connectivity index (χ0) is 14.4. The summed E-state index contributed by atoms with van der Waals surface area (Å²) in [6.45, 7) is 11.6. The Hall–Kier alpha value is -0.750. The van der Waals surface area contributed by atoms with Crippen molar-refractivity contribution in [3.8, 4) is 0 Å². The maximum Gasteiger partial charge on any atom is 0.344 e. The summed E-state index contributed by atoms with van der Waals surface area (Å²) in [7, 11) is 0. The number of nitrogens with zero attached hydrogens (tertiary/aromatic N) is 2. The minimum absolute atomic E-state index is 0.123. The van der Waals surface area contributed by atoms with Crippen LogP contribution < -0.4 is 11.0 Å². The lowest BCUT2D eigenvalue weighted by Gasteiger charge is -2.18. The molecule has 0 bridgehead atoms. The van der Waals surface area contributed by atoms with Crippen molar-refractivity contribution in [3.63, 3.8) is 0 Å². The summed E-state index contributed by atoms with van der Waals surface area (Å²) in [6, 6.07) is 0.622. The van der Waals surface area contributed by atoms with Gasteiger partial charge < -0.3 is 5.32 Å². The van der Waals surface area contributed by atoms with Crippen molar-refractivity contribution < 1.29 is 0 Å². The van der Waals surface area contributed by atoms with Crippen LogP contribution in [0.1, 0.15) is 53.5 Å². The van der Waals surface area contributed by atoms with E-state index in [1.807, 2.05) is 13.8 Å². The molecule has 110 valence electrons. The van der Waals surface area contributed by atoms with E-state index in [0.29, 0.717) is 11.3 Å². The van der Waals surface area contributed by atoms with E-state index in [1.54, 1.807) is 16.3 Å². The highest BCUT2D eigenvalue weighted by molar-refractivity contribution is 7.99. The summed E-state index contributed by atoms with van der Waals surface area (Å²) in [4.78, 5) is 11.6. The molecule has 0 aliphatic carbocycles. The zero-order valence-electron chi connectivity index (χ0n) is 12.6. The summed E-state index contributed by atoms with van der Waals surface area (Å²) >= 11 is 1.66. The van der Waals surface area contributed by atoms with Crippen LogP contribution in [0, 0.1) is 0 Å². The second-order valence-electron chi connectivity index (χ2n) is 5.29. The molecule has 19 heavy (non-hydrogen) atoms. The Morgan fingerprint density at radius 3 is 2.63 bits per heavy atom. The van der Waals surface area contributed by atoms with Gasteiger partial charge in [0.15, 0.2) is 5.16 Å². The van der Waals surface area contributed by atoms with Crippen molar-refractivity contribution in [2.24, 2.45) is 0 Å². The largest absolute Gasteiger partial charge is 0.344 e. The number of H-pyrrole nitrogens is 1. The van der Waals surface area contributed by atoms with Crippen LogP contribution in [0.15, 0.2) is 9.95 Å². The van der Waals surface area contributed by atoms with Crippen LogP contribution >= 0.6 is 11.8 Å². The lowest BCUT2D eigenvalue weighted by molar-refractivity contribution is 0.509. The molecule has 1 aromatic rings. The molecule has 2 N–H and O–H groups in total. The number of hydrogen-bond donors (Lipinski definition) is 2. The Labute approximate surface area is 119 Å². The zero-order valence-corrected chi connectivity index (χ0v) is 13.4. The molecule has 0 spiro atoms. The third kappa shape index (κ3) is 5.03. The summed E-state index contributed by atoms with van der Waals surface area (Å²) < 4.78 is 1.71. The summed E-state index contributed by atoms with van der Waals surface area (Å²) in [5.74, 6) is 0. The smallest absolute Gasteiger partial charge is 0.314 e. The monoisotopic (exact) mass is 286 g/mol. The second kappa shape index (κ2) is 7.75. The lowest BCUT2D eigenvalue weighted by atomic mass is 10.2. The molecule has 0 fully saturated rings. The van der Waals surface area contributed by atoms with Gasteiger partial charge in [-0.25, -0.2) is 9.89 Å². The minimum Gasteiger partial charge on any atom is -0.314 e. The molecule has 1 rings (SSSR count). The van der Waals surface area contributed by atoms with Crippen LogP contribution in [0.4, 0.5) is 0 Å². The summed E-state index contributed by atoms with van der Waals surface area (Å²) in [5.41, 5.74) is -0.123. The predicted molar refractivity (Wildman–Crippen MR) is 80.9 cm³/mol. The van der Waals surface area contributed by atoms with Crippen LogP contribution in [-0.2, 0) is 0 Å². The quantitative estimate of drug-likeness (QED) is 0.720. The van der Waals surface area contributed by atoms with Gasteiger partial charge in [-0.3, -0.25) is 4.57 Å². The Balaban J connectivity index is 2.57. The molecule has 2 atom stereocenters. The van der Waals surface area contributed by atoms with Gasteiger partial charge in [0.2, 0.25) is 0 Å². The van der Waals surface area contributed by atoms with Gasteiger partial charge in [-0.15, -0.1) is 5.10 Å². The minimum atomic E-state index is -0.123. The molecule has 2 unspecified atom stereocenters. The Morgan fingerprint density at radius 2 is 2.05 bits per heavy atom. The molecule has 1 heterocycles. The fourth-order valence-corrected chi connectivity index (χ4v) is 3.28. The third-order valence-electron chi connectivity index (χ3n) is 2.92. The average Bonchev–Trinajstić information content (AvgIpc) is 2.67. The van der Waals surface area contributed by atoms with Crippen molar-refractivity contribution >= 4 is 11.8 Å². The molecule has 0 aromatic carbocycles. The van der Waals surface area contributed by atoms with Gasteiger partial charge in [0.05, 0.1) is 0 Å². The molecule has 0 aliphatic rings. The number of hydrogen-bond acceptors (Lipinski definition) is 4. The van der Waals surface area contributed by atoms with Gasteiger partial charge in [0.25, 0.3) is 0 Å². The van der Waals surface area contributed by atoms with Crippen LogP contribution in [0.5, 0.6) is 0 Å². The topological polar surface area (TPSA) is 62.7 Å². The number of nitrogens with one attached hydrogen (secondary N) is 2. The predicted octanol–water partition coefficient (Wildman–Crippen LogP) is 2.41.